The van der Waals surface area contributed by atoms with Crippen LogP contribution in [0.1, 0.15) is 12.8 Å². The molecule has 1 heterocycles. The van der Waals surface area contributed by atoms with E-state index in [1.165, 1.54) is 24.3 Å². The quantitative estimate of drug-likeness (QED) is 0.856. The second-order valence-electron chi connectivity index (χ2n) is 4.73. The van der Waals surface area contributed by atoms with Crippen LogP contribution in [-0.2, 0) is 24.6 Å². The van der Waals surface area contributed by atoms with Crippen LogP contribution in [0.4, 0.5) is 0 Å². The van der Waals surface area contributed by atoms with Gasteiger partial charge in [-0.1, -0.05) is 0 Å². The Bertz CT molecular complexity index is 658. The molecule has 0 spiro atoms. The van der Waals surface area contributed by atoms with E-state index in [0.717, 1.165) is 19.1 Å². The fraction of sp³-hybridized carbons (Fsp3) is 0.500. The third-order valence-corrected chi connectivity index (χ3v) is 5.66. The van der Waals surface area contributed by atoms with Crippen LogP contribution in [0.15, 0.2) is 34.1 Å². The largest absolute Gasteiger partial charge is 0.377 e. The summed E-state index contributed by atoms with van der Waals surface area (Å²) >= 11 is 0. The molecule has 0 amide bonds. The number of sulfone groups is 1. The molecule has 1 aromatic carbocycles. The van der Waals surface area contributed by atoms with E-state index in [2.05, 4.69) is 4.72 Å². The van der Waals surface area contributed by atoms with E-state index < -0.39 is 19.9 Å². The first-order chi connectivity index (χ1) is 9.29. The molecule has 20 heavy (non-hydrogen) atoms. The van der Waals surface area contributed by atoms with Crippen LogP contribution in [-0.4, -0.2) is 42.3 Å². The molecule has 112 valence electrons. The number of benzene rings is 1. The Hall–Kier alpha value is -0.960. The first-order valence-corrected chi connectivity index (χ1v) is 9.58. The predicted octanol–water partition coefficient (Wildman–Crippen LogP) is 0.547. The highest BCUT2D eigenvalue weighted by Gasteiger charge is 2.20. The molecule has 0 unspecified atom stereocenters. The molecule has 1 aliphatic heterocycles. The number of sulfonamides is 1. The van der Waals surface area contributed by atoms with Gasteiger partial charge in [-0.3, -0.25) is 0 Å². The minimum Gasteiger partial charge on any atom is -0.377 e. The summed E-state index contributed by atoms with van der Waals surface area (Å²) < 4.78 is 54.5. The average Bonchev–Trinajstić information content (AvgIpc) is 2.89. The highest BCUT2D eigenvalue weighted by molar-refractivity contribution is 7.90. The summed E-state index contributed by atoms with van der Waals surface area (Å²) in [6.45, 7) is 0.894. The maximum atomic E-state index is 12.0. The maximum Gasteiger partial charge on any atom is 0.240 e. The number of hydrogen-bond acceptors (Lipinski definition) is 5. The van der Waals surface area contributed by atoms with Gasteiger partial charge in [0.15, 0.2) is 9.84 Å². The van der Waals surface area contributed by atoms with Crippen molar-refractivity contribution in [3.8, 4) is 0 Å². The van der Waals surface area contributed by atoms with Crippen molar-refractivity contribution in [3.05, 3.63) is 24.3 Å². The topological polar surface area (TPSA) is 89.5 Å². The second-order valence-corrected chi connectivity index (χ2v) is 8.51. The third kappa shape index (κ3) is 3.78. The molecule has 0 radical (unpaired) electrons. The molecule has 0 aliphatic carbocycles. The molecule has 1 saturated heterocycles. The van der Waals surface area contributed by atoms with Gasteiger partial charge in [0.25, 0.3) is 0 Å². The van der Waals surface area contributed by atoms with Crippen molar-refractivity contribution >= 4 is 19.9 Å². The van der Waals surface area contributed by atoms with E-state index >= 15 is 0 Å². The van der Waals surface area contributed by atoms with Crippen molar-refractivity contribution in [2.75, 3.05) is 19.4 Å². The number of hydrogen-bond donors (Lipinski definition) is 1. The van der Waals surface area contributed by atoms with Crippen molar-refractivity contribution < 1.29 is 21.6 Å². The van der Waals surface area contributed by atoms with Gasteiger partial charge in [-0.05, 0) is 37.1 Å². The van der Waals surface area contributed by atoms with E-state index in [1.807, 2.05) is 0 Å². The van der Waals surface area contributed by atoms with Gasteiger partial charge in [0.05, 0.1) is 15.9 Å². The molecule has 0 aromatic heterocycles. The Morgan fingerprint density at radius 2 is 1.75 bits per heavy atom. The van der Waals surface area contributed by atoms with E-state index in [1.54, 1.807) is 0 Å². The highest BCUT2D eigenvalue weighted by atomic mass is 32.2. The normalized spacial score (nSPS) is 20.1. The van der Waals surface area contributed by atoms with Gasteiger partial charge in [0.1, 0.15) is 0 Å². The highest BCUT2D eigenvalue weighted by Crippen LogP contribution is 2.15. The number of nitrogens with one attached hydrogen (secondary N) is 1. The summed E-state index contributed by atoms with van der Waals surface area (Å²) in [5, 5.41) is 0. The molecule has 0 bridgehead atoms. The zero-order valence-electron chi connectivity index (χ0n) is 11.1. The molecule has 1 aliphatic rings. The Morgan fingerprint density at radius 3 is 2.25 bits per heavy atom. The van der Waals surface area contributed by atoms with E-state index in [9.17, 15) is 16.8 Å². The molecule has 1 atom stereocenters. The average molecular weight is 319 g/mol. The molecular formula is C12H17NO5S2. The van der Waals surface area contributed by atoms with Crippen molar-refractivity contribution in [3.63, 3.8) is 0 Å². The van der Waals surface area contributed by atoms with Gasteiger partial charge in [-0.15, -0.1) is 0 Å². The summed E-state index contributed by atoms with van der Waals surface area (Å²) in [5.41, 5.74) is 0. The van der Waals surface area contributed by atoms with Crippen LogP contribution in [0, 0.1) is 0 Å². The van der Waals surface area contributed by atoms with E-state index in [0.29, 0.717) is 6.61 Å². The van der Waals surface area contributed by atoms with Gasteiger partial charge in [0, 0.05) is 19.4 Å². The summed E-state index contributed by atoms with van der Waals surface area (Å²) in [6.07, 6.45) is 2.78. The molecule has 1 fully saturated rings. The van der Waals surface area contributed by atoms with Crippen molar-refractivity contribution in [2.24, 2.45) is 0 Å². The third-order valence-electron chi connectivity index (χ3n) is 3.09. The van der Waals surface area contributed by atoms with E-state index in [4.69, 9.17) is 4.74 Å². The standard InChI is InChI=1S/C12H17NO5S2/c1-19(14,15)11-4-6-12(7-5-11)20(16,17)13-9-10-3-2-8-18-10/h4-7,10,13H,2-3,8-9H2,1H3/t10-/m0/s1. The fourth-order valence-electron chi connectivity index (χ4n) is 1.96. The van der Waals surface area contributed by atoms with Gasteiger partial charge >= 0.3 is 0 Å². The molecular weight excluding hydrogens is 302 g/mol. The summed E-state index contributed by atoms with van der Waals surface area (Å²) in [6, 6.07) is 5.15. The van der Waals surface area contributed by atoms with Crippen LogP contribution in [0.5, 0.6) is 0 Å². The lowest BCUT2D eigenvalue weighted by Crippen LogP contribution is -2.31. The van der Waals surface area contributed by atoms with Gasteiger partial charge in [0.2, 0.25) is 10.0 Å². The van der Waals surface area contributed by atoms with E-state index in [-0.39, 0.29) is 22.4 Å². The molecule has 6 nitrogen and oxygen atoms in total. The zero-order valence-corrected chi connectivity index (χ0v) is 12.7. The zero-order chi connectivity index (χ0) is 14.8. The molecule has 1 aromatic rings. The molecule has 2 rings (SSSR count). The van der Waals surface area contributed by atoms with Gasteiger partial charge in [-0.25, -0.2) is 21.6 Å². The van der Waals surface area contributed by atoms with Gasteiger partial charge in [-0.2, -0.15) is 0 Å². The lowest BCUT2D eigenvalue weighted by molar-refractivity contribution is 0.114. The fourth-order valence-corrected chi connectivity index (χ4v) is 3.65. The molecule has 1 N–H and O–H groups in total. The molecule has 8 heteroatoms. The van der Waals surface area contributed by atoms with Crippen LogP contribution in [0.2, 0.25) is 0 Å². The minimum absolute atomic E-state index is 0.0443. The smallest absolute Gasteiger partial charge is 0.240 e. The minimum atomic E-state index is -3.63. The summed E-state index contributed by atoms with van der Waals surface area (Å²) in [5.74, 6) is 0. The monoisotopic (exact) mass is 319 g/mol. The van der Waals surface area contributed by atoms with Crippen molar-refractivity contribution in [1.82, 2.24) is 4.72 Å². The van der Waals surface area contributed by atoms with Crippen molar-refractivity contribution in [1.29, 1.82) is 0 Å². The maximum absolute atomic E-state index is 12.0. The van der Waals surface area contributed by atoms with Gasteiger partial charge < -0.3 is 4.74 Å². The SMILES string of the molecule is CS(=O)(=O)c1ccc(S(=O)(=O)NC[C@@H]2CCCO2)cc1. The summed E-state index contributed by atoms with van der Waals surface area (Å²) in [4.78, 5) is 0.137. The lowest BCUT2D eigenvalue weighted by atomic mass is 10.2. The number of ether oxygens (including phenoxy) is 1. The van der Waals surface area contributed by atoms with Crippen LogP contribution < -0.4 is 4.72 Å². The Morgan fingerprint density at radius 1 is 1.15 bits per heavy atom. The Balaban J connectivity index is 2.09. The molecule has 0 saturated carbocycles. The first-order valence-electron chi connectivity index (χ1n) is 6.20. The van der Waals surface area contributed by atoms with Crippen LogP contribution in [0.3, 0.4) is 0 Å². The van der Waals surface area contributed by atoms with Crippen molar-refractivity contribution in [2.45, 2.75) is 28.7 Å². The lowest BCUT2D eigenvalue weighted by Gasteiger charge is -2.11. The van der Waals surface area contributed by atoms with Crippen LogP contribution >= 0.6 is 0 Å². The predicted molar refractivity (Wildman–Crippen MR) is 73.7 cm³/mol. The van der Waals surface area contributed by atoms with Crippen LogP contribution in [0.25, 0.3) is 0 Å². The summed E-state index contributed by atoms with van der Waals surface area (Å²) in [7, 11) is -6.96. The first kappa shape index (κ1) is 15.4. The second kappa shape index (κ2) is 5.80. The number of rotatable bonds is 5. The Kier molecular flexibility index (Phi) is 4.48. The Labute approximate surface area is 119 Å².